The minimum absolute atomic E-state index is 0.0563. The Morgan fingerprint density at radius 2 is 1.86 bits per heavy atom. The van der Waals surface area contributed by atoms with E-state index in [1.165, 1.54) is 0 Å². The highest BCUT2D eigenvalue weighted by Crippen LogP contribution is 2.29. The van der Waals surface area contributed by atoms with Crippen LogP contribution in [0.15, 0.2) is 48.5 Å². The van der Waals surface area contributed by atoms with E-state index in [4.69, 9.17) is 4.74 Å². The largest absolute Gasteiger partial charge is 0.484 e. The summed E-state index contributed by atoms with van der Waals surface area (Å²) in [5.74, 6) is 0.799. The van der Waals surface area contributed by atoms with Crippen LogP contribution in [-0.4, -0.2) is 10.8 Å². The van der Waals surface area contributed by atoms with Crippen LogP contribution in [0.5, 0.6) is 5.75 Å². The molecule has 0 aliphatic rings. The maximum Gasteiger partial charge on any atom is 0.159 e. The van der Waals surface area contributed by atoms with Crippen molar-refractivity contribution >= 4 is 27.3 Å². The number of carbonyl (C=O) groups excluding carboxylic acids is 1. The standard InChI is InChI=1S/C17H15NO2S/c1-11(19)13-7-9-14(10-8-13)20-12(2)17-18-15-5-3-4-6-16(15)21-17/h3-10,12H,1-2H3/t12-/m0/s1. The molecule has 0 radical (unpaired) electrons. The number of para-hydroxylation sites is 1. The lowest BCUT2D eigenvalue weighted by Crippen LogP contribution is -2.02. The Hall–Kier alpha value is -2.20. The Morgan fingerprint density at radius 3 is 2.52 bits per heavy atom. The fourth-order valence-electron chi connectivity index (χ4n) is 2.09. The van der Waals surface area contributed by atoms with Crippen LogP contribution in [0.3, 0.4) is 0 Å². The highest BCUT2D eigenvalue weighted by Gasteiger charge is 2.13. The maximum absolute atomic E-state index is 11.3. The van der Waals surface area contributed by atoms with Crippen LogP contribution in [0.25, 0.3) is 10.2 Å². The van der Waals surface area contributed by atoms with Gasteiger partial charge in [-0.15, -0.1) is 11.3 Å². The zero-order valence-electron chi connectivity index (χ0n) is 11.9. The van der Waals surface area contributed by atoms with E-state index in [1.807, 2.05) is 37.3 Å². The minimum atomic E-state index is -0.120. The van der Waals surface area contributed by atoms with Crippen molar-refractivity contribution in [2.75, 3.05) is 0 Å². The number of rotatable bonds is 4. The summed E-state index contributed by atoms with van der Waals surface area (Å²) in [5, 5.41) is 0.951. The molecule has 1 heterocycles. The van der Waals surface area contributed by atoms with Crippen molar-refractivity contribution in [3.63, 3.8) is 0 Å². The third-order valence-corrected chi connectivity index (χ3v) is 4.43. The number of fused-ring (bicyclic) bond motifs is 1. The molecule has 0 saturated carbocycles. The van der Waals surface area contributed by atoms with Gasteiger partial charge in [0.15, 0.2) is 5.78 Å². The van der Waals surface area contributed by atoms with Crippen molar-refractivity contribution in [3.05, 3.63) is 59.1 Å². The van der Waals surface area contributed by atoms with Gasteiger partial charge in [-0.2, -0.15) is 0 Å². The van der Waals surface area contributed by atoms with Crippen molar-refractivity contribution in [3.8, 4) is 5.75 Å². The summed E-state index contributed by atoms with van der Waals surface area (Å²) in [4.78, 5) is 15.8. The van der Waals surface area contributed by atoms with Gasteiger partial charge in [0.05, 0.1) is 10.2 Å². The summed E-state index contributed by atoms with van der Waals surface area (Å²) in [6, 6.07) is 15.3. The van der Waals surface area contributed by atoms with E-state index < -0.39 is 0 Å². The Kier molecular flexibility index (Phi) is 3.71. The van der Waals surface area contributed by atoms with E-state index in [2.05, 4.69) is 11.1 Å². The number of carbonyl (C=O) groups is 1. The predicted molar refractivity (Wildman–Crippen MR) is 85.1 cm³/mol. The van der Waals surface area contributed by atoms with Gasteiger partial charge >= 0.3 is 0 Å². The Labute approximate surface area is 127 Å². The van der Waals surface area contributed by atoms with E-state index in [9.17, 15) is 4.79 Å². The van der Waals surface area contributed by atoms with E-state index >= 15 is 0 Å². The molecule has 1 aromatic heterocycles. The van der Waals surface area contributed by atoms with Gasteiger partial charge in [-0.25, -0.2) is 4.98 Å². The molecule has 0 N–H and O–H groups in total. The molecule has 0 unspecified atom stereocenters. The van der Waals surface area contributed by atoms with Gasteiger partial charge < -0.3 is 4.74 Å². The molecule has 2 aromatic carbocycles. The highest BCUT2D eigenvalue weighted by molar-refractivity contribution is 7.18. The number of benzene rings is 2. The molecule has 0 spiro atoms. The van der Waals surface area contributed by atoms with E-state index in [0.717, 1.165) is 21.0 Å². The van der Waals surface area contributed by atoms with Crippen LogP contribution < -0.4 is 4.74 Å². The second kappa shape index (κ2) is 5.66. The second-order valence-electron chi connectivity index (χ2n) is 4.86. The first-order valence-electron chi connectivity index (χ1n) is 6.76. The van der Waals surface area contributed by atoms with Crippen LogP contribution in [-0.2, 0) is 0 Å². The minimum Gasteiger partial charge on any atom is -0.484 e. The molecular weight excluding hydrogens is 282 g/mol. The number of nitrogens with zero attached hydrogens (tertiary/aromatic N) is 1. The first kappa shape index (κ1) is 13.8. The molecule has 4 heteroatoms. The van der Waals surface area contributed by atoms with E-state index in [1.54, 1.807) is 30.4 Å². The number of aromatic nitrogens is 1. The van der Waals surface area contributed by atoms with Crippen molar-refractivity contribution < 1.29 is 9.53 Å². The van der Waals surface area contributed by atoms with E-state index in [0.29, 0.717) is 5.56 Å². The maximum atomic E-state index is 11.3. The van der Waals surface area contributed by atoms with Crippen LogP contribution in [0.2, 0.25) is 0 Å². The van der Waals surface area contributed by atoms with Crippen LogP contribution >= 0.6 is 11.3 Å². The molecule has 0 bridgehead atoms. The van der Waals surface area contributed by atoms with Gasteiger partial charge in [0.25, 0.3) is 0 Å². The van der Waals surface area contributed by atoms with Gasteiger partial charge in [-0.3, -0.25) is 4.79 Å². The van der Waals surface area contributed by atoms with Crippen LogP contribution in [0.4, 0.5) is 0 Å². The third kappa shape index (κ3) is 2.95. The lowest BCUT2D eigenvalue weighted by molar-refractivity contribution is 0.101. The molecule has 0 aliphatic heterocycles. The fraction of sp³-hybridized carbons (Fsp3) is 0.176. The lowest BCUT2D eigenvalue weighted by atomic mass is 10.1. The SMILES string of the molecule is CC(=O)c1ccc(O[C@@H](C)c2nc3ccccc3s2)cc1. The van der Waals surface area contributed by atoms with Crippen LogP contribution in [0, 0.1) is 0 Å². The first-order valence-corrected chi connectivity index (χ1v) is 7.58. The number of thiazole rings is 1. The Balaban J connectivity index is 1.78. The molecule has 3 nitrogen and oxygen atoms in total. The van der Waals surface area contributed by atoms with Gasteiger partial charge in [0.2, 0.25) is 0 Å². The molecule has 1 atom stereocenters. The van der Waals surface area contributed by atoms with Crippen molar-refractivity contribution in [1.82, 2.24) is 4.98 Å². The number of hydrogen-bond donors (Lipinski definition) is 0. The molecule has 21 heavy (non-hydrogen) atoms. The number of hydrogen-bond acceptors (Lipinski definition) is 4. The average Bonchev–Trinajstić information content (AvgIpc) is 2.92. The predicted octanol–water partition coefficient (Wildman–Crippen LogP) is 4.64. The zero-order chi connectivity index (χ0) is 14.8. The summed E-state index contributed by atoms with van der Waals surface area (Å²) in [7, 11) is 0. The summed E-state index contributed by atoms with van der Waals surface area (Å²) in [6.45, 7) is 3.54. The molecule has 106 valence electrons. The molecular formula is C17H15NO2S. The van der Waals surface area contributed by atoms with Gasteiger partial charge in [-0.05, 0) is 50.2 Å². The van der Waals surface area contributed by atoms with Gasteiger partial charge in [0.1, 0.15) is 16.9 Å². The summed E-state index contributed by atoms with van der Waals surface area (Å²) >= 11 is 1.64. The number of ether oxygens (including phenoxy) is 1. The number of ketones is 1. The van der Waals surface area contributed by atoms with Crippen molar-refractivity contribution in [2.24, 2.45) is 0 Å². The Morgan fingerprint density at radius 1 is 1.14 bits per heavy atom. The average molecular weight is 297 g/mol. The fourth-order valence-corrected chi connectivity index (χ4v) is 3.03. The Bertz CT molecular complexity index is 744. The molecule has 0 saturated heterocycles. The quantitative estimate of drug-likeness (QED) is 0.659. The second-order valence-corrected chi connectivity index (χ2v) is 5.92. The summed E-state index contributed by atoms with van der Waals surface area (Å²) in [6.07, 6.45) is -0.120. The number of Topliss-reactive ketones (excluding diaryl/α,β-unsaturated/α-hetero) is 1. The molecule has 0 fully saturated rings. The smallest absolute Gasteiger partial charge is 0.159 e. The molecule has 3 aromatic rings. The van der Waals surface area contributed by atoms with E-state index in [-0.39, 0.29) is 11.9 Å². The first-order chi connectivity index (χ1) is 10.1. The van der Waals surface area contributed by atoms with Crippen molar-refractivity contribution in [1.29, 1.82) is 0 Å². The summed E-state index contributed by atoms with van der Waals surface area (Å²) < 4.78 is 7.06. The van der Waals surface area contributed by atoms with Crippen LogP contribution in [0.1, 0.15) is 35.3 Å². The van der Waals surface area contributed by atoms with Gasteiger partial charge in [0, 0.05) is 5.56 Å². The monoisotopic (exact) mass is 297 g/mol. The third-order valence-electron chi connectivity index (χ3n) is 3.23. The highest BCUT2D eigenvalue weighted by atomic mass is 32.1. The zero-order valence-corrected chi connectivity index (χ0v) is 12.7. The molecule has 0 aliphatic carbocycles. The molecule has 3 rings (SSSR count). The van der Waals surface area contributed by atoms with Crippen molar-refractivity contribution in [2.45, 2.75) is 20.0 Å². The summed E-state index contributed by atoms with van der Waals surface area (Å²) in [5.41, 5.74) is 1.69. The topological polar surface area (TPSA) is 39.2 Å². The lowest BCUT2D eigenvalue weighted by Gasteiger charge is -2.12. The van der Waals surface area contributed by atoms with Gasteiger partial charge in [-0.1, -0.05) is 12.1 Å². The molecule has 0 amide bonds. The normalized spacial score (nSPS) is 12.3.